The second kappa shape index (κ2) is 6.24. The Kier molecular flexibility index (Phi) is 4.94. The van der Waals surface area contributed by atoms with Crippen LogP contribution in [0, 0.1) is 11.3 Å². The van der Waals surface area contributed by atoms with E-state index in [4.69, 9.17) is 17.5 Å². The minimum Gasteiger partial charge on any atom is -0.327 e. The number of rotatable bonds is 4. The van der Waals surface area contributed by atoms with Gasteiger partial charge in [-0.15, -0.1) is 0 Å². The molecule has 16 heavy (non-hydrogen) atoms. The number of unbranched alkanes of at least 4 members (excludes halogenated alkanes) is 1. The van der Waals surface area contributed by atoms with E-state index in [1.165, 1.54) is 18.4 Å². The monoisotopic (exact) mass is 232 g/mol. The van der Waals surface area contributed by atoms with Gasteiger partial charge in [-0.1, -0.05) is 25.5 Å². The first kappa shape index (κ1) is 12.7. The smallest absolute Gasteiger partial charge is 0.185 e. The van der Waals surface area contributed by atoms with Crippen LogP contribution in [-0.2, 0) is 6.42 Å². The molecule has 0 aromatic heterocycles. The molecule has 84 valence electrons. The molecule has 0 N–H and O–H groups in total. The van der Waals surface area contributed by atoms with E-state index >= 15 is 0 Å². The Bertz CT molecular complexity index is 389. The molecule has 0 aliphatic heterocycles. The fraction of sp³-hybridized carbons (Fsp3) is 0.385. The van der Waals surface area contributed by atoms with Gasteiger partial charge in [-0.3, -0.25) is 0 Å². The van der Waals surface area contributed by atoms with Crippen LogP contribution in [0.1, 0.15) is 25.3 Å². The summed E-state index contributed by atoms with van der Waals surface area (Å²) in [5.74, 6) is 0. The summed E-state index contributed by atoms with van der Waals surface area (Å²) in [6.07, 6.45) is 3.54. The molecular formula is C13H16N2S. The highest BCUT2D eigenvalue weighted by Gasteiger charge is 2.05. The summed E-state index contributed by atoms with van der Waals surface area (Å²) in [5, 5.41) is 8.70. The zero-order chi connectivity index (χ0) is 12.0. The highest BCUT2D eigenvalue weighted by atomic mass is 32.1. The van der Waals surface area contributed by atoms with Gasteiger partial charge in [-0.2, -0.15) is 5.26 Å². The molecule has 0 bridgehead atoms. The van der Waals surface area contributed by atoms with Crippen LogP contribution in [0.25, 0.3) is 0 Å². The molecule has 0 unspecified atom stereocenters. The van der Waals surface area contributed by atoms with Crippen molar-refractivity contribution < 1.29 is 0 Å². The van der Waals surface area contributed by atoms with Crippen molar-refractivity contribution in [3.05, 3.63) is 29.8 Å². The predicted octanol–water partition coefficient (Wildman–Crippen LogP) is 3.32. The van der Waals surface area contributed by atoms with Crippen molar-refractivity contribution in [2.45, 2.75) is 26.2 Å². The van der Waals surface area contributed by atoms with E-state index in [0.717, 1.165) is 12.1 Å². The molecule has 0 atom stereocenters. The van der Waals surface area contributed by atoms with Crippen LogP contribution in [0.5, 0.6) is 0 Å². The van der Waals surface area contributed by atoms with E-state index in [0.29, 0.717) is 4.99 Å². The van der Waals surface area contributed by atoms with Crippen molar-refractivity contribution in [1.29, 1.82) is 5.26 Å². The summed E-state index contributed by atoms with van der Waals surface area (Å²) in [6, 6.07) is 10.2. The molecule has 0 saturated heterocycles. The molecule has 0 saturated carbocycles. The summed E-state index contributed by atoms with van der Waals surface area (Å²) >= 11 is 4.93. The molecular weight excluding hydrogens is 216 g/mol. The third-order valence-electron chi connectivity index (χ3n) is 2.54. The third-order valence-corrected chi connectivity index (χ3v) is 2.91. The Morgan fingerprint density at radius 1 is 1.38 bits per heavy atom. The van der Waals surface area contributed by atoms with Gasteiger partial charge in [0.15, 0.2) is 4.99 Å². The third kappa shape index (κ3) is 3.32. The lowest BCUT2D eigenvalue weighted by Crippen LogP contribution is -2.22. The number of hydrogen-bond acceptors (Lipinski definition) is 2. The van der Waals surface area contributed by atoms with Crippen molar-refractivity contribution in [2.24, 2.45) is 0 Å². The highest BCUT2D eigenvalue weighted by Crippen LogP contribution is 2.15. The SMILES string of the molecule is CCCCc1ccc(N(C)C(=S)C#N)cc1. The van der Waals surface area contributed by atoms with Gasteiger partial charge < -0.3 is 4.90 Å². The molecule has 0 heterocycles. The molecule has 0 aliphatic carbocycles. The maximum atomic E-state index is 8.70. The quantitative estimate of drug-likeness (QED) is 0.745. The summed E-state index contributed by atoms with van der Waals surface area (Å²) in [4.78, 5) is 2.01. The second-order valence-corrected chi connectivity index (χ2v) is 4.13. The van der Waals surface area contributed by atoms with Crippen molar-refractivity contribution in [3.63, 3.8) is 0 Å². The first-order valence-electron chi connectivity index (χ1n) is 5.45. The first-order valence-corrected chi connectivity index (χ1v) is 5.86. The molecule has 0 fully saturated rings. The minimum absolute atomic E-state index is 0.293. The molecule has 0 aliphatic rings. The topological polar surface area (TPSA) is 27.0 Å². The second-order valence-electron chi connectivity index (χ2n) is 3.75. The van der Waals surface area contributed by atoms with E-state index in [1.54, 1.807) is 4.90 Å². The van der Waals surface area contributed by atoms with E-state index in [9.17, 15) is 0 Å². The van der Waals surface area contributed by atoms with Gasteiger partial charge in [-0.05, 0) is 42.8 Å². The average Bonchev–Trinajstić information content (AvgIpc) is 2.35. The lowest BCUT2D eigenvalue weighted by atomic mass is 10.1. The Hall–Kier alpha value is -1.40. The van der Waals surface area contributed by atoms with Crippen molar-refractivity contribution in [3.8, 4) is 6.07 Å². The fourth-order valence-corrected chi connectivity index (χ4v) is 1.56. The lowest BCUT2D eigenvalue weighted by Gasteiger charge is -2.15. The Morgan fingerprint density at radius 3 is 2.50 bits per heavy atom. The number of nitrogens with zero attached hydrogens (tertiary/aromatic N) is 2. The Morgan fingerprint density at radius 2 is 2.00 bits per heavy atom. The van der Waals surface area contributed by atoms with Crippen LogP contribution in [0.4, 0.5) is 5.69 Å². The fourth-order valence-electron chi connectivity index (χ4n) is 1.46. The lowest BCUT2D eigenvalue weighted by molar-refractivity contribution is 0.795. The average molecular weight is 232 g/mol. The van der Waals surface area contributed by atoms with E-state index in [1.807, 2.05) is 25.2 Å². The number of benzene rings is 1. The van der Waals surface area contributed by atoms with Gasteiger partial charge in [0.25, 0.3) is 0 Å². The number of thiocarbonyl (C=S) groups is 1. The summed E-state index contributed by atoms with van der Waals surface area (Å²) < 4.78 is 0. The zero-order valence-corrected chi connectivity index (χ0v) is 10.5. The van der Waals surface area contributed by atoms with E-state index < -0.39 is 0 Å². The molecule has 0 radical (unpaired) electrons. The standard InChI is InChI=1S/C13H16N2S/c1-3-4-5-11-6-8-12(9-7-11)15(2)13(16)10-14/h6-9H,3-5H2,1-2H3. The van der Waals surface area contributed by atoms with Gasteiger partial charge in [0.2, 0.25) is 0 Å². The van der Waals surface area contributed by atoms with Crippen molar-refractivity contribution in [2.75, 3.05) is 11.9 Å². The van der Waals surface area contributed by atoms with Crippen LogP contribution < -0.4 is 4.90 Å². The molecule has 0 spiro atoms. The number of aryl methyl sites for hydroxylation is 1. The number of nitriles is 1. The van der Waals surface area contributed by atoms with E-state index in [2.05, 4.69) is 19.1 Å². The Balaban J connectivity index is 2.71. The molecule has 1 rings (SSSR count). The summed E-state index contributed by atoms with van der Waals surface area (Å²) in [7, 11) is 1.81. The maximum Gasteiger partial charge on any atom is 0.185 e. The van der Waals surface area contributed by atoms with Gasteiger partial charge in [0.05, 0.1) is 0 Å². The van der Waals surface area contributed by atoms with Gasteiger partial charge >= 0.3 is 0 Å². The zero-order valence-electron chi connectivity index (χ0n) is 9.73. The molecule has 3 heteroatoms. The molecule has 1 aromatic rings. The largest absolute Gasteiger partial charge is 0.327 e. The first-order chi connectivity index (χ1) is 7.69. The molecule has 2 nitrogen and oxygen atoms in total. The van der Waals surface area contributed by atoms with Crippen LogP contribution >= 0.6 is 12.2 Å². The van der Waals surface area contributed by atoms with Crippen molar-refractivity contribution >= 4 is 22.9 Å². The Labute approximate surface area is 102 Å². The number of hydrogen-bond donors (Lipinski definition) is 0. The highest BCUT2D eigenvalue weighted by molar-refractivity contribution is 7.81. The number of anilines is 1. The summed E-state index contributed by atoms with van der Waals surface area (Å²) in [5.41, 5.74) is 2.30. The maximum absolute atomic E-state index is 8.70. The van der Waals surface area contributed by atoms with E-state index in [-0.39, 0.29) is 0 Å². The normalized spacial score (nSPS) is 9.56. The van der Waals surface area contributed by atoms with Crippen molar-refractivity contribution in [1.82, 2.24) is 0 Å². The van der Waals surface area contributed by atoms with Crippen LogP contribution in [-0.4, -0.2) is 12.0 Å². The van der Waals surface area contributed by atoms with Gasteiger partial charge in [0, 0.05) is 12.7 Å². The van der Waals surface area contributed by atoms with Crippen LogP contribution in [0.3, 0.4) is 0 Å². The molecule has 0 amide bonds. The minimum atomic E-state index is 0.293. The predicted molar refractivity (Wildman–Crippen MR) is 71.7 cm³/mol. The molecule has 1 aromatic carbocycles. The van der Waals surface area contributed by atoms with Crippen LogP contribution in [0.2, 0.25) is 0 Å². The van der Waals surface area contributed by atoms with Gasteiger partial charge in [-0.25, -0.2) is 0 Å². The van der Waals surface area contributed by atoms with Crippen LogP contribution in [0.15, 0.2) is 24.3 Å². The van der Waals surface area contributed by atoms with Gasteiger partial charge in [0.1, 0.15) is 6.07 Å². The summed E-state index contributed by atoms with van der Waals surface area (Å²) in [6.45, 7) is 2.19.